The van der Waals surface area contributed by atoms with E-state index in [4.69, 9.17) is 16.6 Å². The van der Waals surface area contributed by atoms with Gasteiger partial charge in [-0.3, -0.25) is 0 Å². The van der Waals surface area contributed by atoms with E-state index in [1.54, 1.807) is 0 Å². The molecule has 1 aliphatic rings. The Morgan fingerprint density at radius 1 is 1.00 bits per heavy atom. The third-order valence-corrected chi connectivity index (χ3v) is 6.97. The Kier molecular flexibility index (Phi) is 4.95. The van der Waals surface area contributed by atoms with E-state index in [1.807, 2.05) is 36.1 Å². The number of sulfonamides is 1. The minimum Gasteiger partial charge on any atom is -0.352 e. The van der Waals surface area contributed by atoms with Crippen LogP contribution in [0.1, 0.15) is 5.69 Å². The lowest BCUT2D eigenvalue weighted by Gasteiger charge is -2.35. The van der Waals surface area contributed by atoms with Gasteiger partial charge in [-0.05, 0) is 37.3 Å². The van der Waals surface area contributed by atoms with Crippen molar-refractivity contribution < 1.29 is 12.8 Å². The van der Waals surface area contributed by atoms with Crippen LogP contribution in [0.5, 0.6) is 0 Å². The zero-order valence-electron chi connectivity index (χ0n) is 15.1. The highest BCUT2D eigenvalue weighted by molar-refractivity contribution is 7.89. The zero-order chi connectivity index (χ0) is 19.9. The number of aryl methyl sites for hydroxylation is 1. The Balaban J connectivity index is 1.54. The summed E-state index contributed by atoms with van der Waals surface area (Å²) < 4.78 is 40.4. The minimum absolute atomic E-state index is 0.00553. The summed E-state index contributed by atoms with van der Waals surface area (Å²) in [5.74, 6) is 0.122. The van der Waals surface area contributed by atoms with Gasteiger partial charge in [0.25, 0.3) is 0 Å². The smallest absolute Gasteiger partial charge is 0.243 e. The third-order valence-electron chi connectivity index (χ3n) is 4.79. The molecule has 6 nitrogen and oxygen atoms in total. The average molecular weight is 421 g/mol. The van der Waals surface area contributed by atoms with Crippen LogP contribution in [-0.2, 0) is 10.0 Å². The van der Waals surface area contributed by atoms with Crippen molar-refractivity contribution >= 4 is 38.5 Å². The molecule has 0 bridgehead atoms. The molecule has 28 heavy (non-hydrogen) atoms. The van der Waals surface area contributed by atoms with Crippen molar-refractivity contribution in [2.24, 2.45) is 0 Å². The van der Waals surface area contributed by atoms with Crippen LogP contribution in [-0.4, -0.2) is 48.9 Å². The van der Waals surface area contributed by atoms with Crippen molar-refractivity contribution in [2.75, 3.05) is 31.1 Å². The predicted molar refractivity (Wildman–Crippen MR) is 107 cm³/mol. The summed E-state index contributed by atoms with van der Waals surface area (Å²) >= 11 is 5.75. The van der Waals surface area contributed by atoms with Gasteiger partial charge in [-0.1, -0.05) is 23.7 Å². The maximum atomic E-state index is 13.4. The van der Waals surface area contributed by atoms with Gasteiger partial charge in [0.15, 0.2) is 5.82 Å². The number of aromatic nitrogens is 2. The van der Waals surface area contributed by atoms with Crippen LogP contribution in [0.15, 0.2) is 47.4 Å². The van der Waals surface area contributed by atoms with Crippen LogP contribution in [0.2, 0.25) is 5.02 Å². The molecule has 0 aliphatic carbocycles. The molecule has 146 valence electrons. The Morgan fingerprint density at radius 3 is 2.29 bits per heavy atom. The third kappa shape index (κ3) is 3.43. The highest BCUT2D eigenvalue weighted by atomic mass is 35.5. The average Bonchev–Trinajstić information content (AvgIpc) is 2.69. The van der Waals surface area contributed by atoms with Gasteiger partial charge in [-0.25, -0.2) is 22.8 Å². The molecule has 0 radical (unpaired) electrons. The standard InChI is InChI=1S/C19H18ClFN4O2S/c1-13-19(23-18-5-3-2-4-17(18)22-13)24-8-10-25(11-9-24)28(26,27)14-6-7-16(21)15(20)12-14/h2-7,12H,8-11H2,1H3. The fourth-order valence-electron chi connectivity index (χ4n) is 3.31. The van der Waals surface area contributed by atoms with E-state index in [0.29, 0.717) is 26.2 Å². The summed E-state index contributed by atoms with van der Waals surface area (Å²) in [5.41, 5.74) is 2.44. The number of benzene rings is 2. The number of halogens is 2. The molecule has 4 rings (SSSR count). The molecule has 2 heterocycles. The van der Waals surface area contributed by atoms with Crippen LogP contribution >= 0.6 is 11.6 Å². The fourth-order valence-corrected chi connectivity index (χ4v) is 5.00. The maximum absolute atomic E-state index is 13.4. The summed E-state index contributed by atoms with van der Waals surface area (Å²) in [4.78, 5) is 11.3. The molecule has 1 aromatic heterocycles. The van der Waals surface area contributed by atoms with Crippen LogP contribution < -0.4 is 4.90 Å². The van der Waals surface area contributed by atoms with Crippen LogP contribution in [0, 0.1) is 12.7 Å². The number of hydrogen-bond acceptors (Lipinski definition) is 5. The Morgan fingerprint density at radius 2 is 1.64 bits per heavy atom. The zero-order valence-corrected chi connectivity index (χ0v) is 16.7. The molecule has 2 aromatic carbocycles. The van der Waals surface area contributed by atoms with E-state index >= 15 is 0 Å². The van der Waals surface area contributed by atoms with Gasteiger partial charge in [0.1, 0.15) is 5.82 Å². The SMILES string of the molecule is Cc1nc2ccccc2nc1N1CCN(S(=O)(=O)c2ccc(F)c(Cl)c2)CC1. The molecule has 0 amide bonds. The first-order chi connectivity index (χ1) is 13.4. The van der Waals surface area contributed by atoms with E-state index in [1.165, 1.54) is 10.4 Å². The summed E-state index contributed by atoms with van der Waals surface area (Å²) in [6, 6.07) is 11.1. The van der Waals surface area contributed by atoms with Gasteiger partial charge in [0.05, 0.1) is 26.6 Å². The highest BCUT2D eigenvalue weighted by Gasteiger charge is 2.30. The van der Waals surface area contributed by atoms with Gasteiger partial charge in [0, 0.05) is 26.2 Å². The second-order valence-corrected chi connectivity index (χ2v) is 8.93. The summed E-state index contributed by atoms with van der Waals surface area (Å²) in [6.45, 7) is 3.47. The summed E-state index contributed by atoms with van der Waals surface area (Å²) in [6.07, 6.45) is 0. The summed E-state index contributed by atoms with van der Waals surface area (Å²) in [7, 11) is -3.73. The first kappa shape index (κ1) is 19.0. The van der Waals surface area contributed by atoms with Gasteiger partial charge in [0.2, 0.25) is 10.0 Å². The quantitative estimate of drug-likeness (QED) is 0.650. The molecule has 0 N–H and O–H groups in total. The number of nitrogens with zero attached hydrogens (tertiary/aromatic N) is 4. The Hall–Kier alpha value is -2.29. The molecule has 9 heteroatoms. The second-order valence-electron chi connectivity index (χ2n) is 6.59. The van der Waals surface area contributed by atoms with E-state index in [-0.39, 0.29) is 9.92 Å². The van der Waals surface area contributed by atoms with Gasteiger partial charge in [-0.2, -0.15) is 4.31 Å². The van der Waals surface area contributed by atoms with Crippen molar-refractivity contribution in [3.63, 3.8) is 0 Å². The first-order valence-electron chi connectivity index (χ1n) is 8.80. The number of rotatable bonds is 3. The number of anilines is 1. The number of hydrogen-bond donors (Lipinski definition) is 0. The first-order valence-corrected chi connectivity index (χ1v) is 10.6. The monoisotopic (exact) mass is 420 g/mol. The second kappa shape index (κ2) is 7.27. The van der Waals surface area contributed by atoms with Gasteiger partial charge >= 0.3 is 0 Å². The molecular formula is C19H18ClFN4O2S. The molecule has 1 saturated heterocycles. The van der Waals surface area contributed by atoms with Crippen LogP contribution in [0.4, 0.5) is 10.2 Å². The molecule has 3 aromatic rings. The normalized spacial score (nSPS) is 15.9. The molecular weight excluding hydrogens is 403 g/mol. The van der Waals surface area contributed by atoms with E-state index < -0.39 is 15.8 Å². The van der Waals surface area contributed by atoms with Crippen molar-refractivity contribution in [2.45, 2.75) is 11.8 Å². The van der Waals surface area contributed by atoms with Gasteiger partial charge in [-0.15, -0.1) is 0 Å². The summed E-state index contributed by atoms with van der Waals surface area (Å²) in [5, 5.41) is -0.207. The molecule has 0 saturated carbocycles. The van der Waals surface area contributed by atoms with E-state index in [9.17, 15) is 12.8 Å². The Labute approximate surface area is 167 Å². The topological polar surface area (TPSA) is 66.4 Å². The lowest BCUT2D eigenvalue weighted by Crippen LogP contribution is -2.49. The molecule has 1 fully saturated rings. The largest absolute Gasteiger partial charge is 0.352 e. The molecule has 0 atom stereocenters. The Bertz CT molecular complexity index is 1150. The maximum Gasteiger partial charge on any atom is 0.243 e. The van der Waals surface area contributed by atoms with Crippen molar-refractivity contribution in [3.05, 3.63) is 59.0 Å². The molecule has 0 spiro atoms. The van der Waals surface area contributed by atoms with Crippen molar-refractivity contribution in [1.82, 2.24) is 14.3 Å². The lowest BCUT2D eigenvalue weighted by atomic mass is 10.2. The lowest BCUT2D eigenvalue weighted by molar-refractivity contribution is 0.383. The highest BCUT2D eigenvalue weighted by Crippen LogP contribution is 2.25. The minimum atomic E-state index is -3.73. The molecule has 1 aliphatic heterocycles. The number of para-hydroxylation sites is 2. The van der Waals surface area contributed by atoms with Crippen LogP contribution in [0.3, 0.4) is 0 Å². The van der Waals surface area contributed by atoms with Crippen LogP contribution in [0.25, 0.3) is 11.0 Å². The van der Waals surface area contributed by atoms with Gasteiger partial charge < -0.3 is 4.90 Å². The molecule has 0 unspecified atom stereocenters. The van der Waals surface area contributed by atoms with Crippen molar-refractivity contribution in [3.8, 4) is 0 Å². The van der Waals surface area contributed by atoms with E-state index in [2.05, 4.69) is 4.98 Å². The van der Waals surface area contributed by atoms with E-state index in [0.717, 1.165) is 34.7 Å². The number of fused-ring (bicyclic) bond motifs is 1. The fraction of sp³-hybridized carbons (Fsp3) is 0.263. The number of piperazine rings is 1. The van der Waals surface area contributed by atoms with Crippen molar-refractivity contribution in [1.29, 1.82) is 0 Å². The predicted octanol–water partition coefficient (Wildman–Crippen LogP) is 3.24.